The van der Waals surface area contributed by atoms with Gasteiger partial charge in [-0.1, -0.05) is 42.0 Å². The highest BCUT2D eigenvalue weighted by Gasteiger charge is 2.50. The molecule has 2 aliphatic rings. The molecule has 3 aromatic rings. The minimum atomic E-state index is -1.93. The van der Waals surface area contributed by atoms with E-state index in [2.05, 4.69) is 6.07 Å². The number of benzene rings is 3. The molecule has 0 spiro atoms. The number of para-hydroxylation sites is 1. The molecule has 6 heteroatoms. The lowest BCUT2D eigenvalue weighted by atomic mass is 9.88. The molecule has 1 amide bonds. The second kappa shape index (κ2) is 8.05. The van der Waals surface area contributed by atoms with Crippen molar-refractivity contribution < 1.29 is 24.2 Å². The second-order valence-corrected chi connectivity index (χ2v) is 8.66. The molecule has 0 fully saturated rings. The van der Waals surface area contributed by atoms with Gasteiger partial charge in [0.25, 0.3) is 5.91 Å². The summed E-state index contributed by atoms with van der Waals surface area (Å²) in [6.45, 7) is 5.22. The van der Waals surface area contributed by atoms with Crippen molar-refractivity contribution >= 4 is 17.4 Å². The molecule has 2 heterocycles. The third-order valence-electron chi connectivity index (χ3n) is 6.35. The zero-order chi connectivity index (χ0) is 23.2. The van der Waals surface area contributed by atoms with Crippen molar-refractivity contribution in [2.75, 3.05) is 18.1 Å². The van der Waals surface area contributed by atoms with Gasteiger partial charge >= 0.3 is 0 Å². The molecule has 2 aliphatic heterocycles. The summed E-state index contributed by atoms with van der Waals surface area (Å²) in [6.07, 6.45) is -0.355. The number of hydrogen-bond donors (Lipinski definition) is 1. The Balaban J connectivity index is 1.46. The topological polar surface area (TPSA) is 76.1 Å². The van der Waals surface area contributed by atoms with Crippen LogP contribution in [-0.4, -0.2) is 30.0 Å². The molecule has 0 saturated carbocycles. The van der Waals surface area contributed by atoms with Gasteiger partial charge in [-0.25, -0.2) is 0 Å². The van der Waals surface area contributed by atoms with Gasteiger partial charge in [-0.05, 0) is 49.2 Å². The van der Waals surface area contributed by atoms with E-state index in [1.54, 1.807) is 35.2 Å². The van der Waals surface area contributed by atoms with E-state index >= 15 is 0 Å². The summed E-state index contributed by atoms with van der Waals surface area (Å²) < 4.78 is 11.1. The van der Waals surface area contributed by atoms with Crippen LogP contribution in [0, 0.1) is 13.8 Å². The quantitative estimate of drug-likeness (QED) is 0.602. The Morgan fingerprint density at radius 3 is 2.55 bits per heavy atom. The fourth-order valence-corrected chi connectivity index (χ4v) is 4.58. The summed E-state index contributed by atoms with van der Waals surface area (Å²) in [5.41, 5.74) is 2.72. The molecule has 0 aromatic heterocycles. The van der Waals surface area contributed by atoms with E-state index in [0.29, 0.717) is 48.1 Å². The van der Waals surface area contributed by atoms with Crippen LogP contribution in [0.3, 0.4) is 0 Å². The molecular weight excluding hydrogens is 418 g/mol. The van der Waals surface area contributed by atoms with Gasteiger partial charge in [0.2, 0.25) is 0 Å². The first kappa shape index (κ1) is 21.2. The molecular formula is C27H25NO5. The monoisotopic (exact) mass is 443 g/mol. The van der Waals surface area contributed by atoms with Gasteiger partial charge in [-0.3, -0.25) is 9.59 Å². The summed E-state index contributed by atoms with van der Waals surface area (Å²) in [7, 11) is 0. The molecule has 6 nitrogen and oxygen atoms in total. The molecule has 0 aliphatic carbocycles. The maximum absolute atomic E-state index is 13.5. The minimum Gasteiger partial charge on any atom is -0.486 e. The number of ether oxygens (including phenoxy) is 2. The molecule has 0 saturated heterocycles. The van der Waals surface area contributed by atoms with Crippen LogP contribution in [-0.2, 0) is 16.9 Å². The fourth-order valence-electron chi connectivity index (χ4n) is 4.58. The standard InChI is InChI=1S/C27H25NO5/c1-17-7-8-20(18(2)13-17)16-28-22-6-4-3-5-21(22)27(31,26(28)30)15-23(29)19-9-10-24-25(14-19)33-12-11-32-24/h3-10,13-14,31H,11-12,15-16H2,1-2H3/t27-/m0/s1. The molecule has 0 unspecified atom stereocenters. The van der Waals surface area contributed by atoms with Crippen molar-refractivity contribution in [2.45, 2.75) is 32.4 Å². The Hall–Kier alpha value is -3.64. The number of nitrogens with zero attached hydrogens (tertiary/aromatic N) is 1. The smallest absolute Gasteiger partial charge is 0.264 e. The molecule has 0 bridgehead atoms. The maximum atomic E-state index is 13.5. The first-order valence-electron chi connectivity index (χ1n) is 11.0. The predicted molar refractivity (Wildman–Crippen MR) is 124 cm³/mol. The van der Waals surface area contributed by atoms with E-state index in [-0.39, 0.29) is 12.2 Å². The van der Waals surface area contributed by atoms with Gasteiger partial charge in [0.05, 0.1) is 18.7 Å². The lowest BCUT2D eigenvalue weighted by molar-refractivity contribution is -0.136. The Kier molecular flexibility index (Phi) is 5.17. The lowest BCUT2D eigenvalue weighted by Gasteiger charge is -2.24. The second-order valence-electron chi connectivity index (χ2n) is 8.66. The Labute approximate surface area is 192 Å². The van der Waals surface area contributed by atoms with E-state index in [0.717, 1.165) is 16.7 Å². The highest BCUT2D eigenvalue weighted by molar-refractivity contribution is 6.10. The van der Waals surface area contributed by atoms with Gasteiger partial charge in [-0.2, -0.15) is 0 Å². The van der Waals surface area contributed by atoms with Crippen molar-refractivity contribution in [3.8, 4) is 11.5 Å². The molecule has 1 N–H and O–H groups in total. The highest BCUT2D eigenvalue weighted by atomic mass is 16.6. The number of anilines is 1. The summed E-state index contributed by atoms with van der Waals surface area (Å²) in [6, 6.07) is 18.1. The van der Waals surface area contributed by atoms with Crippen LogP contribution in [0.5, 0.6) is 11.5 Å². The van der Waals surface area contributed by atoms with Crippen molar-refractivity contribution in [1.82, 2.24) is 0 Å². The highest BCUT2D eigenvalue weighted by Crippen LogP contribution is 2.44. The van der Waals surface area contributed by atoms with E-state index in [9.17, 15) is 14.7 Å². The summed E-state index contributed by atoms with van der Waals surface area (Å²) in [4.78, 5) is 28.3. The average Bonchev–Trinajstić information content (AvgIpc) is 3.02. The van der Waals surface area contributed by atoms with Gasteiger partial charge < -0.3 is 19.5 Å². The van der Waals surface area contributed by atoms with Crippen LogP contribution < -0.4 is 14.4 Å². The maximum Gasteiger partial charge on any atom is 0.264 e. The van der Waals surface area contributed by atoms with Crippen LogP contribution in [0.1, 0.15) is 39.0 Å². The van der Waals surface area contributed by atoms with Crippen LogP contribution in [0.4, 0.5) is 5.69 Å². The minimum absolute atomic E-state index is 0.322. The van der Waals surface area contributed by atoms with Gasteiger partial charge in [0, 0.05) is 11.1 Å². The van der Waals surface area contributed by atoms with Crippen LogP contribution in [0.25, 0.3) is 0 Å². The number of Topliss-reactive ketones (excluding diaryl/α,β-unsaturated/α-hetero) is 1. The Morgan fingerprint density at radius 1 is 1.00 bits per heavy atom. The number of fused-ring (bicyclic) bond motifs is 2. The summed E-state index contributed by atoms with van der Waals surface area (Å²) in [5.74, 6) is 0.243. The van der Waals surface area contributed by atoms with Gasteiger partial charge in [0.1, 0.15) is 13.2 Å². The molecule has 33 heavy (non-hydrogen) atoms. The number of carbonyl (C=O) groups excluding carboxylic acids is 2. The summed E-state index contributed by atoms with van der Waals surface area (Å²) >= 11 is 0. The van der Waals surface area contributed by atoms with Gasteiger partial charge in [0.15, 0.2) is 22.9 Å². The summed E-state index contributed by atoms with van der Waals surface area (Å²) in [5, 5.41) is 11.6. The third kappa shape index (κ3) is 3.66. The van der Waals surface area contributed by atoms with Crippen LogP contribution in [0.15, 0.2) is 60.7 Å². The molecule has 3 aromatic carbocycles. The number of carbonyl (C=O) groups is 2. The zero-order valence-corrected chi connectivity index (χ0v) is 18.6. The first-order chi connectivity index (χ1) is 15.9. The van der Waals surface area contributed by atoms with Crippen LogP contribution >= 0.6 is 0 Å². The molecule has 168 valence electrons. The van der Waals surface area contributed by atoms with E-state index in [1.165, 1.54) is 0 Å². The number of rotatable bonds is 5. The van der Waals surface area contributed by atoms with E-state index < -0.39 is 11.5 Å². The SMILES string of the molecule is Cc1ccc(CN2C(=O)[C@](O)(CC(=O)c3ccc4c(c3)OCCO4)c3ccccc32)c(C)c1. The fraction of sp³-hybridized carbons (Fsp3) is 0.259. The number of hydrogen-bond acceptors (Lipinski definition) is 5. The lowest BCUT2D eigenvalue weighted by Crippen LogP contribution is -2.41. The number of ketones is 1. The first-order valence-corrected chi connectivity index (χ1v) is 11.0. The number of aliphatic hydroxyl groups is 1. The average molecular weight is 443 g/mol. The van der Waals surface area contributed by atoms with Crippen molar-refractivity contribution in [3.63, 3.8) is 0 Å². The van der Waals surface area contributed by atoms with Crippen molar-refractivity contribution in [3.05, 3.63) is 88.5 Å². The Bertz CT molecular complexity index is 1270. The number of aryl methyl sites for hydroxylation is 2. The largest absolute Gasteiger partial charge is 0.486 e. The molecule has 5 rings (SSSR count). The van der Waals surface area contributed by atoms with E-state index in [1.807, 2.05) is 38.1 Å². The van der Waals surface area contributed by atoms with Crippen molar-refractivity contribution in [2.24, 2.45) is 0 Å². The third-order valence-corrected chi connectivity index (χ3v) is 6.35. The normalized spacial score (nSPS) is 18.9. The molecule has 0 radical (unpaired) electrons. The van der Waals surface area contributed by atoms with Crippen molar-refractivity contribution in [1.29, 1.82) is 0 Å². The van der Waals surface area contributed by atoms with Crippen LogP contribution in [0.2, 0.25) is 0 Å². The molecule has 1 atom stereocenters. The number of amides is 1. The van der Waals surface area contributed by atoms with Gasteiger partial charge in [-0.15, -0.1) is 0 Å². The zero-order valence-electron chi connectivity index (χ0n) is 18.6. The van der Waals surface area contributed by atoms with E-state index in [4.69, 9.17) is 9.47 Å². The predicted octanol–water partition coefficient (Wildman–Crippen LogP) is 4.08. The Morgan fingerprint density at radius 2 is 1.76 bits per heavy atom.